The van der Waals surface area contributed by atoms with Crippen molar-refractivity contribution >= 4 is 62.2 Å². The van der Waals surface area contributed by atoms with Crippen LogP contribution in [-0.4, -0.2) is 110 Å². The van der Waals surface area contributed by atoms with Gasteiger partial charge in [0.05, 0.1) is 91.2 Å². The first-order valence-corrected chi connectivity index (χ1v) is 19.9. The molecule has 2 aliphatic rings. The molecular weight excluding hydrogens is 1150 g/mol. The molecule has 1 radical (unpaired) electrons. The van der Waals surface area contributed by atoms with E-state index in [9.17, 15) is 24.6 Å². The first-order chi connectivity index (χ1) is 29.5. The van der Waals surface area contributed by atoms with Crippen LogP contribution in [0.4, 0.5) is 0 Å². The topological polar surface area (TPSA) is 269 Å². The number of aromatic nitrogens is 5. The number of nitrogens with one attached hydrogen (secondary N) is 3. The van der Waals surface area contributed by atoms with Crippen molar-refractivity contribution in [1.29, 1.82) is 0 Å². The van der Waals surface area contributed by atoms with Gasteiger partial charge in [-0.25, -0.2) is 9.97 Å². The van der Waals surface area contributed by atoms with Crippen LogP contribution in [0, 0.1) is 53.8 Å². The van der Waals surface area contributed by atoms with Gasteiger partial charge in [-0.15, -0.1) is 11.0 Å². The molecule has 0 spiro atoms. The summed E-state index contributed by atoms with van der Waals surface area (Å²) < 4.78 is 27.9. The number of fused-ring (bicyclic) bond motifs is 7. The van der Waals surface area contributed by atoms with E-state index < -0.39 is 36.9 Å². The molecule has 18 nitrogen and oxygen atoms in total. The zero-order chi connectivity index (χ0) is 45.5. The summed E-state index contributed by atoms with van der Waals surface area (Å²) in [6, 6.07) is 5.03. The third kappa shape index (κ3) is 16.1. The second kappa shape index (κ2) is 27.4. The molecule has 2 aliphatic heterocycles. The van der Waals surface area contributed by atoms with Crippen molar-refractivity contribution in [1.82, 2.24) is 30.2 Å². The van der Waals surface area contributed by atoms with Crippen LogP contribution in [0.5, 0.6) is 11.5 Å². The number of carboxylic acid groups (broad SMARTS) is 2. The van der Waals surface area contributed by atoms with Crippen molar-refractivity contribution in [3.63, 3.8) is 0 Å². The molecule has 1 amide bonds. The monoisotopic (exact) mass is 1210 g/mol. The van der Waals surface area contributed by atoms with E-state index in [2.05, 4.69) is 5.32 Å². The quantitative estimate of drug-likeness (QED) is 0.178. The number of carboxylic acids is 2. The normalized spacial score (nSPS) is 12.8. The van der Waals surface area contributed by atoms with Crippen LogP contribution >= 0.6 is 0 Å². The molecule has 6 bridgehead atoms. The molecule has 0 aliphatic carbocycles. The van der Waals surface area contributed by atoms with Crippen LogP contribution < -0.4 is 30.0 Å². The molecule has 64 heavy (non-hydrogen) atoms. The molecule has 4 heterocycles. The second-order valence-corrected chi connectivity index (χ2v) is 14.5. The maximum Gasteiger partial charge on any atom is 3.00 e. The van der Waals surface area contributed by atoms with E-state index in [0.717, 1.165) is 55.8 Å². The van der Waals surface area contributed by atoms with Gasteiger partial charge in [-0.2, -0.15) is 12.6 Å². The van der Waals surface area contributed by atoms with Crippen LogP contribution in [0.25, 0.3) is 55.8 Å². The minimum Gasteiger partial charge on any atom is -0.679 e. The van der Waals surface area contributed by atoms with E-state index in [0.29, 0.717) is 48.8 Å². The molecule has 2 atom stereocenters. The maximum atomic E-state index is 12.8. The van der Waals surface area contributed by atoms with E-state index in [-0.39, 0.29) is 98.3 Å². The van der Waals surface area contributed by atoms with E-state index in [1.807, 2.05) is 53.7 Å². The van der Waals surface area contributed by atoms with Crippen molar-refractivity contribution in [2.75, 3.05) is 59.9 Å². The zero-order valence-electron chi connectivity index (χ0n) is 37.0. The Hall–Kier alpha value is -4.04. The summed E-state index contributed by atoms with van der Waals surface area (Å²) in [4.78, 5) is 59.5. The predicted octanol–water partition coefficient (Wildman–Crippen LogP) is 3.77. The number of amides is 1. The number of aliphatic carboxylic acids is 2. The summed E-state index contributed by atoms with van der Waals surface area (Å²) >= 11 is 0. The molecule has 347 valence electrons. The summed E-state index contributed by atoms with van der Waals surface area (Å²) in [6.07, 6.45) is 2.26. The second-order valence-electron chi connectivity index (χ2n) is 14.5. The van der Waals surface area contributed by atoms with Gasteiger partial charge in [-0.3, -0.25) is 14.8 Å². The van der Waals surface area contributed by atoms with Crippen LogP contribution in [-0.2, 0) is 49.7 Å². The van der Waals surface area contributed by atoms with Gasteiger partial charge in [0.2, 0.25) is 0 Å². The Labute approximate surface area is 419 Å². The third-order valence-corrected chi connectivity index (χ3v) is 9.90. The molecule has 2 unspecified atom stereocenters. The Balaban J connectivity index is 0.00000190. The molecule has 0 saturated carbocycles. The van der Waals surface area contributed by atoms with Crippen molar-refractivity contribution in [3.05, 3.63) is 82.0 Å². The van der Waals surface area contributed by atoms with Crippen LogP contribution in [0.15, 0.2) is 36.7 Å². The van der Waals surface area contributed by atoms with Gasteiger partial charge in [0, 0.05) is 31.6 Å². The summed E-state index contributed by atoms with van der Waals surface area (Å²) in [6.45, 7) is 15.0. The molecule has 2 aromatic heterocycles. The molecule has 5 rings (SSSR count). The molecule has 3 N–H and O–H groups in total. The Morgan fingerprint density at radius 1 is 0.719 bits per heavy atom. The average Bonchev–Trinajstić information content (AvgIpc) is 3.77. The number of hydrogen-bond acceptors (Lipinski definition) is 14. The van der Waals surface area contributed by atoms with E-state index in [4.69, 9.17) is 60.1 Å². The third-order valence-electron chi connectivity index (χ3n) is 9.90. The van der Waals surface area contributed by atoms with Gasteiger partial charge in [-0.1, -0.05) is 30.2 Å². The number of methoxy groups -OCH3 is 1. The molecule has 0 fully saturated rings. The minimum atomic E-state index is -1.83. The van der Waals surface area contributed by atoms with Gasteiger partial charge in [0.15, 0.2) is 18.1 Å². The number of hydrogen-bond donors (Lipinski definition) is 1. The smallest absolute Gasteiger partial charge is 0.679 e. The molecule has 1 aromatic carbocycles. The average molecular weight is 1210 g/mol. The molecule has 0 saturated heterocycles. The maximum absolute atomic E-state index is 12.8. The number of ether oxygens (including phenoxy) is 5. The van der Waals surface area contributed by atoms with Crippen molar-refractivity contribution < 1.29 is 109 Å². The number of carbonyl (C=O) groups is 3. The summed E-state index contributed by atoms with van der Waals surface area (Å²) in [7, 11) is 1.59. The predicted molar refractivity (Wildman–Crippen MR) is 230 cm³/mol. The van der Waals surface area contributed by atoms with Gasteiger partial charge in [-0.05, 0) is 63.8 Å². The molecular formula is C44H53GdN8O10Pt. The largest absolute Gasteiger partial charge is 3.00 e. The first-order valence-electron chi connectivity index (χ1n) is 19.9. The Bertz CT molecular complexity index is 2390. The van der Waals surface area contributed by atoms with E-state index in [1.165, 1.54) is 6.07 Å². The number of aryl methyl sites for hydroxylation is 2. The Kier molecular flexibility index (Phi) is 24.1. The van der Waals surface area contributed by atoms with Crippen LogP contribution in [0.3, 0.4) is 0 Å². The standard InChI is InChI=1S/C41H48N6O10.C3H8N2.Gd.Pt/c1-22-23(2)29-15-31-25(4)27(6)36(46-31)20-43-33-17-38(57-21-39(48)47-34(41(51)52)18-40(49)50)37(56-13-12-55-11-10-54-9-8-53-7)16-32(33)42-19-35-26(5)24(3)30(45-35)14-28(22)44-29;1-3(5)2-4;;/h14-17,19-20,34H,8-13,18,21H2,1-7H3,(H4,42,43,44,45,46,47,48,49,50,51,52);3-5H,2H2,1H3;;/q;-2;+3;+2/p-3. The Morgan fingerprint density at radius 2 is 1.16 bits per heavy atom. The van der Waals surface area contributed by atoms with Gasteiger partial charge >= 0.3 is 61.0 Å². The number of carbonyl (C=O) groups excluding carboxylic acids is 3. The van der Waals surface area contributed by atoms with E-state index >= 15 is 0 Å². The number of nitrogens with zero attached hydrogens (tertiary/aromatic N) is 5. The van der Waals surface area contributed by atoms with Gasteiger partial charge in [0.25, 0.3) is 5.91 Å². The van der Waals surface area contributed by atoms with Crippen molar-refractivity contribution in [3.8, 4) is 11.5 Å². The van der Waals surface area contributed by atoms with Gasteiger partial charge < -0.3 is 65.3 Å². The zero-order valence-corrected chi connectivity index (χ0v) is 41.5. The fraction of sp³-hybridized carbons (Fsp3) is 0.432. The molecule has 20 heteroatoms. The van der Waals surface area contributed by atoms with Crippen molar-refractivity contribution in [2.24, 2.45) is 0 Å². The number of allylic oxidation sites excluding steroid dienone is 4. The van der Waals surface area contributed by atoms with Crippen LogP contribution in [0.2, 0.25) is 0 Å². The van der Waals surface area contributed by atoms with Crippen molar-refractivity contribution in [2.45, 2.75) is 67.0 Å². The fourth-order valence-corrected chi connectivity index (χ4v) is 5.76. The SMILES string of the molecule is CC([NH-])C[NH-].COCCOCCOCCOc1cc2ncc3nc(cc4[n-]c(cc5nc(cnc2cc1OCC(=O)NC(CC(=O)[O-])C(=O)[O-])C(C)=C5C)c(C)c4C)C(C)=C3C.[Gd+3].[Pt+2]. The van der Waals surface area contributed by atoms with Gasteiger partial charge in [0.1, 0.15) is 6.61 Å². The molecule has 3 aromatic rings. The number of benzene rings is 1. The van der Waals surface area contributed by atoms with E-state index in [1.54, 1.807) is 32.5 Å². The Morgan fingerprint density at radius 3 is 1.59 bits per heavy atom. The van der Waals surface area contributed by atoms with Crippen LogP contribution in [0.1, 0.15) is 74.9 Å². The summed E-state index contributed by atoms with van der Waals surface area (Å²) in [5.41, 5.74) is 24.1. The fourth-order valence-electron chi connectivity index (χ4n) is 5.76. The summed E-state index contributed by atoms with van der Waals surface area (Å²) in [5.74, 6) is -4.16. The summed E-state index contributed by atoms with van der Waals surface area (Å²) in [5, 5.41) is 24.6. The minimum absolute atomic E-state index is 0. The number of rotatable bonds is 18. The first kappa shape index (κ1) is 56.1.